The number of aryl methyl sites for hydroxylation is 4. The minimum atomic E-state index is -0.558. The molecule has 1 aromatic carbocycles. The summed E-state index contributed by atoms with van der Waals surface area (Å²) in [6, 6.07) is 4.00. The molecular weight excluding hydrogens is 310 g/mol. The molecule has 0 aliphatic carbocycles. The Morgan fingerprint density at radius 1 is 1.33 bits per heavy atom. The molecule has 2 aromatic rings. The van der Waals surface area contributed by atoms with Crippen molar-refractivity contribution in [3.8, 4) is 0 Å². The average Bonchev–Trinajstić information content (AvgIpc) is 2.84. The third-order valence-electron chi connectivity index (χ3n) is 3.74. The number of carbonyl (C=O) groups is 1. The maximum Gasteiger partial charge on any atom is 0.406 e. The number of nitrogens with zero attached hydrogens (tertiary/aromatic N) is 4. The summed E-state index contributed by atoms with van der Waals surface area (Å²) >= 11 is 0. The lowest BCUT2D eigenvalue weighted by atomic mass is 10.1. The molecule has 8 nitrogen and oxygen atoms in total. The van der Waals surface area contributed by atoms with E-state index in [4.69, 9.17) is 0 Å². The first kappa shape index (κ1) is 17.5. The molecule has 0 aliphatic heterocycles. The maximum atomic E-state index is 12.3. The maximum absolute atomic E-state index is 12.3. The van der Waals surface area contributed by atoms with Crippen LogP contribution in [0.5, 0.6) is 0 Å². The SMILES string of the molecule is Cc1cc(C)c(NC(=O)CN(C)c2c([N+](=O)[O-])ncn2C)c(C)c1. The molecule has 0 radical (unpaired) electrons. The topological polar surface area (TPSA) is 93.3 Å². The van der Waals surface area contributed by atoms with E-state index in [1.165, 1.54) is 15.8 Å². The van der Waals surface area contributed by atoms with Crippen LogP contribution >= 0.6 is 0 Å². The molecule has 1 N–H and O–H groups in total. The van der Waals surface area contributed by atoms with Crippen LogP contribution in [0.4, 0.5) is 17.3 Å². The molecule has 1 amide bonds. The Bertz CT molecular complexity index is 774. The summed E-state index contributed by atoms with van der Waals surface area (Å²) in [4.78, 5) is 28.1. The molecule has 0 atom stereocenters. The highest BCUT2D eigenvalue weighted by atomic mass is 16.6. The molecule has 0 fully saturated rings. The monoisotopic (exact) mass is 331 g/mol. The van der Waals surface area contributed by atoms with Gasteiger partial charge in [-0.05, 0) is 41.8 Å². The third kappa shape index (κ3) is 3.53. The molecule has 2 rings (SSSR count). The number of rotatable bonds is 5. The first-order valence-electron chi connectivity index (χ1n) is 7.45. The van der Waals surface area contributed by atoms with Crippen molar-refractivity contribution < 1.29 is 9.72 Å². The number of amides is 1. The van der Waals surface area contributed by atoms with Crippen molar-refractivity contribution >= 4 is 23.2 Å². The van der Waals surface area contributed by atoms with Crippen LogP contribution in [0.1, 0.15) is 16.7 Å². The van der Waals surface area contributed by atoms with Gasteiger partial charge in [0.15, 0.2) is 0 Å². The van der Waals surface area contributed by atoms with Crippen LogP contribution in [0.2, 0.25) is 0 Å². The van der Waals surface area contributed by atoms with Gasteiger partial charge in [-0.25, -0.2) is 0 Å². The van der Waals surface area contributed by atoms with Gasteiger partial charge in [-0.15, -0.1) is 0 Å². The molecule has 0 spiro atoms. The number of nitro groups is 1. The van der Waals surface area contributed by atoms with Crippen molar-refractivity contribution in [1.29, 1.82) is 0 Å². The number of hydrogen-bond acceptors (Lipinski definition) is 5. The van der Waals surface area contributed by atoms with E-state index in [2.05, 4.69) is 10.3 Å². The molecule has 0 bridgehead atoms. The molecule has 0 saturated carbocycles. The summed E-state index contributed by atoms with van der Waals surface area (Å²) in [6.45, 7) is 5.85. The summed E-state index contributed by atoms with van der Waals surface area (Å²) in [7, 11) is 3.27. The predicted octanol–water partition coefficient (Wildman–Crippen LogP) is 2.33. The Hall–Kier alpha value is -2.90. The van der Waals surface area contributed by atoms with E-state index in [0.717, 1.165) is 22.4 Å². The Morgan fingerprint density at radius 2 is 1.92 bits per heavy atom. The summed E-state index contributed by atoms with van der Waals surface area (Å²) in [6.07, 6.45) is 1.36. The smallest absolute Gasteiger partial charge is 0.358 e. The zero-order valence-electron chi connectivity index (χ0n) is 14.5. The van der Waals surface area contributed by atoms with Crippen LogP contribution in [0, 0.1) is 30.9 Å². The molecule has 1 heterocycles. The number of aromatic nitrogens is 2. The molecule has 24 heavy (non-hydrogen) atoms. The largest absolute Gasteiger partial charge is 0.406 e. The van der Waals surface area contributed by atoms with Crippen molar-refractivity contribution in [1.82, 2.24) is 9.55 Å². The van der Waals surface area contributed by atoms with E-state index < -0.39 is 4.92 Å². The van der Waals surface area contributed by atoms with Crippen molar-refractivity contribution in [3.63, 3.8) is 0 Å². The van der Waals surface area contributed by atoms with Gasteiger partial charge in [-0.1, -0.05) is 17.7 Å². The number of benzene rings is 1. The second-order valence-electron chi connectivity index (χ2n) is 5.94. The second kappa shape index (κ2) is 6.69. The molecular formula is C16H21N5O3. The lowest BCUT2D eigenvalue weighted by Crippen LogP contribution is -2.32. The lowest BCUT2D eigenvalue weighted by molar-refractivity contribution is -0.388. The Kier molecular flexibility index (Phi) is 4.87. The fourth-order valence-corrected chi connectivity index (χ4v) is 2.83. The highest BCUT2D eigenvalue weighted by molar-refractivity contribution is 5.95. The van der Waals surface area contributed by atoms with Gasteiger partial charge in [0.25, 0.3) is 0 Å². The first-order chi connectivity index (χ1) is 11.2. The van der Waals surface area contributed by atoms with E-state index >= 15 is 0 Å². The Labute approximate surface area is 140 Å². The van der Waals surface area contributed by atoms with Gasteiger partial charge in [-0.2, -0.15) is 0 Å². The van der Waals surface area contributed by atoms with Gasteiger partial charge in [0.05, 0.1) is 6.54 Å². The minimum Gasteiger partial charge on any atom is -0.358 e. The number of carbonyl (C=O) groups excluding carboxylic acids is 1. The van der Waals surface area contributed by atoms with E-state index in [0.29, 0.717) is 0 Å². The van der Waals surface area contributed by atoms with Crippen molar-refractivity contribution in [2.45, 2.75) is 20.8 Å². The predicted molar refractivity (Wildman–Crippen MR) is 92.4 cm³/mol. The van der Waals surface area contributed by atoms with E-state index in [1.54, 1.807) is 14.1 Å². The minimum absolute atomic E-state index is 0.0207. The standard InChI is InChI=1S/C16H21N5O3/c1-10-6-11(2)14(12(3)7-10)18-13(22)8-19(4)16-15(21(23)24)17-9-20(16)5/h6-7,9H,8H2,1-5H3,(H,18,22). The second-order valence-corrected chi connectivity index (χ2v) is 5.94. The van der Waals surface area contributed by atoms with Crippen LogP contribution in [-0.2, 0) is 11.8 Å². The molecule has 1 aromatic heterocycles. The van der Waals surface area contributed by atoms with Gasteiger partial charge in [0.2, 0.25) is 18.1 Å². The highest BCUT2D eigenvalue weighted by Gasteiger charge is 2.24. The van der Waals surface area contributed by atoms with Gasteiger partial charge in [0.1, 0.15) is 0 Å². The number of nitrogens with one attached hydrogen (secondary N) is 1. The Morgan fingerprint density at radius 3 is 2.46 bits per heavy atom. The fourth-order valence-electron chi connectivity index (χ4n) is 2.83. The third-order valence-corrected chi connectivity index (χ3v) is 3.74. The van der Waals surface area contributed by atoms with Crippen LogP contribution in [0.3, 0.4) is 0 Å². The summed E-state index contributed by atoms with van der Waals surface area (Å²) < 4.78 is 1.52. The first-order valence-corrected chi connectivity index (χ1v) is 7.45. The lowest BCUT2D eigenvalue weighted by Gasteiger charge is -2.19. The number of hydrogen-bond donors (Lipinski definition) is 1. The number of likely N-dealkylation sites (N-methyl/N-ethyl adjacent to an activating group) is 1. The number of imidazole rings is 1. The quantitative estimate of drug-likeness (QED) is 0.670. The Balaban J connectivity index is 2.16. The van der Waals surface area contributed by atoms with Crippen LogP contribution in [-0.4, -0.2) is 34.0 Å². The van der Waals surface area contributed by atoms with Crippen molar-refractivity contribution in [2.75, 3.05) is 23.8 Å². The molecule has 0 unspecified atom stereocenters. The zero-order chi connectivity index (χ0) is 18.0. The molecule has 0 saturated heterocycles. The molecule has 128 valence electrons. The van der Waals surface area contributed by atoms with Gasteiger partial charge < -0.3 is 20.3 Å². The number of anilines is 2. The zero-order valence-corrected chi connectivity index (χ0v) is 14.5. The van der Waals surface area contributed by atoms with E-state index in [9.17, 15) is 14.9 Å². The highest BCUT2D eigenvalue weighted by Crippen LogP contribution is 2.25. The van der Waals surface area contributed by atoms with Crippen molar-refractivity contribution in [2.24, 2.45) is 7.05 Å². The normalized spacial score (nSPS) is 10.5. The van der Waals surface area contributed by atoms with E-state index in [1.807, 2.05) is 32.9 Å². The van der Waals surface area contributed by atoms with Gasteiger partial charge in [0, 0.05) is 19.8 Å². The summed E-state index contributed by atoms with van der Waals surface area (Å²) in [5.74, 6) is -0.231. The fraction of sp³-hybridized carbons (Fsp3) is 0.375. The molecule has 8 heteroatoms. The van der Waals surface area contributed by atoms with Crippen LogP contribution in [0.25, 0.3) is 0 Å². The van der Waals surface area contributed by atoms with Crippen molar-refractivity contribution in [3.05, 3.63) is 45.3 Å². The summed E-state index contributed by atoms with van der Waals surface area (Å²) in [5, 5.41) is 13.9. The van der Waals surface area contributed by atoms with Crippen LogP contribution < -0.4 is 10.2 Å². The average molecular weight is 331 g/mol. The molecule has 0 aliphatic rings. The van der Waals surface area contributed by atoms with Crippen LogP contribution in [0.15, 0.2) is 18.5 Å². The van der Waals surface area contributed by atoms with Gasteiger partial charge in [-0.3, -0.25) is 9.36 Å². The van der Waals surface area contributed by atoms with E-state index in [-0.39, 0.29) is 24.1 Å². The summed E-state index contributed by atoms with van der Waals surface area (Å²) in [5.41, 5.74) is 3.87. The van der Waals surface area contributed by atoms with Gasteiger partial charge >= 0.3 is 5.82 Å².